The van der Waals surface area contributed by atoms with Gasteiger partial charge in [0.1, 0.15) is 18.1 Å². The van der Waals surface area contributed by atoms with Gasteiger partial charge in [0.2, 0.25) is 10.0 Å². The van der Waals surface area contributed by atoms with E-state index in [4.69, 9.17) is 4.74 Å². The molecule has 0 aromatic heterocycles. The number of ketones is 1. The zero-order chi connectivity index (χ0) is 26.2. The van der Waals surface area contributed by atoms with Crippen molar-refractivity contribution >= 4 is 21.8 Å². The molecule has 0 saturated heterocycles. The van der Waals surface area contributed by atoms with Crippen LogP contribution in [0.15, 0.2) is 53.4 Å². The molecule has 0 saturated carbocycles. The van der Waals surface area contributed by atoms with E-state index in [9.17, 15) is 18.0 Å². The highest BCUT2D eigenvalue weighted by Gasteiger charge is 2.31. The number of hydrogen-bond donors (Lipinski definition) is 0. The summed E-state index contributed by atoms with van der Waals surface area (Å²) < 4.78 is 62.5. The number of carbonyl (C=O) groups excluding carboxylic acids is 2. The molecule has 1 aliphatic heterocycles. The Morgan fingerprint density at radius 2 is 1.64 bits per heavy atom. The second-order valence-corrected chi connectivity index (χ2v) is 10.6. The summed E-state index contributed by atoms with van der Waals surface area (Å²) in [5, 5.41) is 0. The third-order valence-corrected chi connectivity index (χ3v) is 8.01. The zero-order valence-corrected chi connectivity index (χ0v) is 20.9. The lowest BCUT2D eigenvalue weighted by Crippen LogP contribution is -2.25. The molecule has 9 heteroatoms. The summed E-state index contributed by atoms with van der Waals surface area (Å²) in [5.74, 6) is -3.41. The Hall–Kier alpha value is -3.43. The van der Waals surface area contributed by atoms with Crippen molar-refractivity contribution in [2.75, 3.05) is 6.61 Å². The van der Waals surface area contributed by atoms with Crippen molar-refractivity contribution in [3.63, 3.8) is 0 Å². The number of fused-ring (bicyclic) bond motifs is 1. The van der Waals surface area contributed by atoms with Crippen molar-refractivity contribution in [3.05, 3.63) is 88.0 Å². The number of benzene rings is 3. The minimum atomic E-state index is -3.73. The largest absolute Gasteiger partial charge is 0.466 e. The summed E-state index contributed by atoms with van der Waals surface area (Å²) in [4.78, 5) is 24.1. The molecule has 3 aromatic rings. The van der Waals surface area contributed by atoms with Gasteiger partial charge in [0.15, 0.2) is 5.78 Å². The third kappa shape index (κ3) is 4.81. The second-order valence-electron chi connectivity index (χ2n) is 8.69. The number of rotatable bonds is 7. The summed E-state index contributed by atoms with van der Waals surface area (Å²) in [6.07, 6.45) is -0.687. The van der Waals surface area contributed by atoms with Crippen LogP contribution in [-0.4, -0.2) is 31.1 Å². The van der Waals surface area contributed by atoms with Crippen molar-refractivity contribution in [3.8, 4) is 11.1 Å². The Labute approximate surface area is 208 Å². The zero-order valence-electron chi connectivity index (χ0n) is 20.1. The van der Waals surface area contributed by atoms with Gasteiger partial charge in [-0.25, -0.2) is 17.2 Å². The molecule has 0 atom stereocenters. The second kappa shape index (κ2) is 9.91. The van der Waals surface area contributed by atoms with E-state index in [0.29, 0.717) is 11.1 Å². The van der Waals surface area contributed by atoms with Crippen LogP contribution in [0.2, 0.25) is 0 Å². The number of aryl methyl sites for hydroxylation is 1. The number of ether oxygens (including phenoxy) is 1. The molecule has 4 rings (SSSR count). The molecule has 0 aliphatic carbocycles. The van der Waals surface area contributed by atoms with E-state index < -0.39 is 45.4 Å². The van der Waals surface area contributed by atoms with Crippen molar-refractivity contribution in [1.29, 1.82) is 0 Å². The van der Waals surface area contributed by atoms with Gasteiger partial charge in [-0.15, -0.1) is 0 Å². The average molecular weight is 514 g/mol. The molecule has 3 aromatic carbocycles. The summed E-state index contributed by atoms with van der Waals surface area (Å²) in [6.45, 7) is 5.15. The Kier molecular flexibility index (Phi) is 7.06. The van der Waals surface area contributed by atoms with Crippen molar-refractivity contribution in [2.45, 2.75) is 45.2 Å². The molecule has 188 valence electrons. The highest BCUT2D eigenvalue weighted by atomic mass is 32.2. The molecule has 0 N–H and O–H groups in total. The molecule has 6 nitrogen and oxygen atoms in total. The summed E-state index contributed by atoms with van der Waals surface area (Å²) >= 11 is 0. The molecule has 0 unspecified atom stereocenters. The van der Waals surface area contributed by atoms with Crippen molar-refractivity contribution < 1.29 is 31.5 Å². The fraction of sp³-hybridized carbons (Fsp3) is 0.259. The number of nitrogens with zero attached hydrogens (tertiary/aromatic N) is 1. The molecule has 36 heavy (non-hydrogen) atoms. The fourth-order valence-electron chi connectivity index (χ4n) is 4.30. The number of sulfonamides is 1. The Morgan fingerprint density at radius 3 is 2.31 bits per heavy atom. The molecule has 1 aliphatic rings. The fourth-order valence-corrected chi connectivity index (χ4v) is 5.69. The smallest absolute Gasteiger partial charge is 0.313 e. The van der Waals surface area contributed by atoms with Crippen LogP contribution in [0.1, 0.15) is 46.0 Å². The Bertz CT molecular complexity index is 1470. The lowest BCUT2D eigenvalue weighted by molar-refractivity contribution is -0.141. The normalized spacial score (nSPS) is 13.5. The van der Waals surface area contributed by atoms with Gasteiger partial charge in [-0.1, -0.05) is 29.8 Å². The standard InChI is InChI=1S/C27H25F2NO5S/c1-4-35-25(32)13-24(31)22-12-23(28)26(17(3)27(22)29)18-7-8-19-14-30(15-20(19)11-18)36(33,34)21-9-5-16(2)6-10-21/h5-12H,4,13-15H2,1-3H3. The average Bonchev–Trinajstić information content (AvgIpc) is 3.26. The van der Waals surface area contributed by atoms with Gasteiger partial charge >= 0.3 is 5.97 Å². The topological polar surface area (TPSA) is 80.8 Å². The maximum Gasteiger partial charge on any atom is 0.313 e. The van der Waals surface area contributed by atoms with Crippen LogP contribution in [0.5, 0.6) is 0 Å². The number of carbonyl (C=O) groups is 2. The van der Waals surface area contributed by atoms with E-state index in [1.54, 1.807) is 49.4 Å². The predicted octanol–water partition coefficient (Wildman–Crippen LogP) is 5.09. The lowest BCUT2D eigenvalue weighted by Gasteiger charge is -2.15. The molecular weight excluding hydrogens is 488 g/mol. The lowest BCUT2D eigenvalue weighted by atomic mass is 9.93. The predicted molar refractivity (Wildman–Crippen MR) is 130 cm³/mol. The van der Waals surface area contributed by atoms with Gasteiger partial charge in [0.05, 0.1) is 17.1 Å². The molecule has 0 radical (unpaired) electrons. The van der Waals surface area contributed by atoms with E-state index in [1.165, 1.54) is 11.2 Å². The molecule has 1 heterocycles. The van der Waals surface area contributed by atoms with Crippen LogP contribution >= 0.6 is 0 Å². The van der Waals surface area contributed by atoms with Gasteiger partial charge in [-0.05, 0) is 67.3 Å². The van der Waals surface area contributed by atoms with Crippen LogP contribution in [0.3, 0.4) is 0 Å². The minimum Gasteiger partial charge on any atom is -0.466 e. The number of halogens is 2. The van der Waals surface area contributed by atoms with Crippen LogP contribution in [0, 0.1) is 25.5 Å². The van der Waals surface area contributed by atoms with Crippen LogP contribution in [-0.2, 0) is 32.6 Å². The van der Waals surface area contributed by atoms with Gasteiger partial charge in [-0.2, -0.15) is 4.31 Å². The number of hydrogen-bond acceptors (Lipinski definition) is 5. The van der Waals surface area contributed by atoms with Crippen LogP contribution < -0.4 is 0 Å². The van der Waals surface area contributed by atoms with Gasteiger partial charge < -0.3 is 4.74 Å². The van der Waals surface area contributed by atoms with E-state index in [0.717, 1.165) is 17.2 Å². The molecular formula is C27H25F2NO5S. The quantitative estimate of drug-likeness (QED) is 0.250. The van der Waals surface area contributed by atoms with E-state index in [-0.39, 0.29) is 35.7 Å². The van der Waals surface area contributed by atoms with Gasteiger partial charge in [0.25, 0.3) is 0 Å². The minimum absolute atomic E-state index is 0.0252. The first-order valence-electron chi connectivity index (χ1n) is 11.4. The maximum absolute atomic E-state index is 15.2. The van der Waals surface area contributed by atoms with E-state index in [2.05, 4.69) is 0 Å². The van der Waals surface area contributed by atoms with Crippen LogP contribution in [0.25, 0.3) is 11.1 Å². The molecule has 0 fully saturated rings. The Morgan fingerprint density at radius 1 is 0.972 bits per heavy atom. The number of Topliss-reactive ketones (excluding diaryl/α,β-unsaturated/α-hetero) is 1. The van der Waals surface area contributed by atoms with E-state index in [1.807, 2.05) is 6.92 Å². The molecule has 0 bridgehead atoms. The number of esters is 1. The summed E-state index contributed by atoms with van der Waals surface area (Å²) in [6, 6.07) is 12.3. The summed E-state index contributed by atoms with van der Waals surface area (Å²) in [7, 11) is -3.73. The van der Waals surface area contributed by atoms with Crippen molar-refractivity contribution in [1.82, 2.24) is 4.31 Å². The van der Waals surface area contributed by atoms with Crippen molar-refractivity contribution in [2.24, 2.45) is 0 Å². The first-order valence-corrected chi connectivity index (χ1v) is 12.8. The maximum atomic E-state index is 15.2. The molecule has 0 spiro atoms. The van der Waals surface area contributed by atoms with E-state index >= 15 is 8.78 Å². The first-order chi connectivity index (χ1) is 17.0. The third-order valence-electron chi connectivity index (χ3n) is 6.21. The van der Waals surface area contributed by atoms with Crippen LogP contribution in [0.4, 0.5) is 8.78 Å². The highest BCUT2D eigenvalue weighted by Crippen LogP contribution is 2.35. The highest BCUT2D eigenvalue weighted by molar-refractivity contribution is 7.89. The Balaban J connectivity index is 1.63. The van der Waals surface area contributed by atoms with Gasteiger partial charge in [-0.3, -0.25) is 9.59 Å². The van der Waals surface area contributed by atoms with Gasteiger partial charge in [0, 0.05) is 18.7 Å². The first kappa shape index (κ1) is 25.7. The SMILES string of the molecule is CCOC(=O)CC(=O)c1cc(F)c(-c2ccc3c(c2)CN(S(=O)(=O)c2ccc(C)cc2)C3)c(C)c1F. The molecule has 0 amide bonds. The summed E-state index contributed by atoms with van der Waals surface area (Å²) in [5.41, 5.74) is 2.15. The monoisotopic (exact) mass is 513 g/mol.